The van der Waals surface area contributed by atoms with Crippen LogP contribution >= 0.6 is 0 Å². The lowest BCUT2D eigenvalue weighted by Crippen LogP contribution is -2.49. The highest BCUT2D eigenvalue weighted by atomic mass is 32.2. The standard InChI is InChI=1S/C21H26N2O6S2/c1-17(24)18-5-3-8-21(15-18)31(27,28)23-11-9-22(10-12-23)13-14-30(25,26)20-7-4-6-19(16-20)29-2/h3-8,15-16H,9-14H2,1-2H3. The van der Waals surface area contributed by atoms with Gasteiger partial charge in [0.15, 0.2) is 15.6 Å². The third kappa shape index (κ3) is 5.51. The monoisotopic (exact) mass is 466 g/mol. The average molecular weight is 467 g/mol. The number of Topliss-reactive ketones (excluding diaryl/α,β-unsaturated/α-hetero) is 1. The Morgan fingerprint density at radius 3 is 2.23 bits per heavy atom. The van der Waals surface area contributed by atoms with E-state index in [1.54, 1.807) is 24.3 Å². The lowest BCUT2D eigenvalue weighted by Gasteiger charge is -2.33. The second-order valence-electron chi connectivity index (χ2n) is 7.33. The number of methoxy groups -OCH3 is 1. The first-order valence-corrected chi connectivity index (χ1v) is 12.9. The summed E-state index contributed by atoms with van der Waals surface area (Å²) >= 11 is 0. The van der Waals surface area contributed by atoms with E-state index in [1.807, 2.05) is 4.90 Å². The van der Waals surface area contributed by atoms with Crippen molar-refractivity contribution < 1.29 is 26.4 Å². The predicted octanol–water partition coefficient (Wildman–Crippen LogP) is 1.68. The van der Waals surface area contributed by atoms with Crippen LogP contribution < -0.4 is 4.74 Å². The van der Waals surface area contributed by atoms with Crippen LogP contribution in [-0.2, 0) is 19.9 Å². The van der Waals surface area contributed by atoms with Crippen molar-refractivity contribution >= 4 is 25.6 Å². The fraction of sp³-hybridized carbons (Fsp3) is 0.381. The number of hydrogen-bond donors (Lipinski definition) is 0. The van der Waals surface area contributed by atoms with Gasteiger partial charge in [-0.25, -0.2) is 16.8 Å². The van der Waals surface area contributed by atoms with E-state index in [4.69, 9.17) is 4.74 Å². The van der Waals surface area contributed by atoms with Gasteiger partial charge in [-0.15, -0.1) is 0 Å². The quantitative estimate of drug-likeness (QED) is 0.546. The molecule has 0 aromatic heterocycles. The molecule has 1 aliphatic rings. The van der Waals surface area contributed by atoms with Gasteiger partial charge in [0.05, 0.1) is 22.7 Å². The van der Waals surface area contributed by atoms with Crippen molar-refractivity contribution in [2.24, 2.45) is 0 Å². The predicted molar refractivity (Wildman–Crippen MR) is 117 cm³/mol. The van der Waals surface area contributed by atoms with Crippen molar-refractivity contribution in [3.8, 4) is 5.75 Å². The molecule has 8 nitrogen and oxygen atoms in total. The molecule has 10 heteroatoms. The third-order valence-corrected chi connectivity index (χ3v) is 8.87. The molecule has 0 aliphatic carbocycles. The molecule has 1 aliphatic heterocycles. The lowest BCUT2D eigenvalue weighted by molar-refractivity contribution is 0.101. The van der Waals surface area contributed by atoms with Gasteiger partial charge in [0.1, 0.15) is 5.75 Å². The van der Waals surface area contributed by atoms with Crippen LogP contribution in [0.4, 0.5) is 0 Å². The van der Waals surface area contributed by atoms with Crippen LogP contribution in [0.5, 0.6) is 5.75 Å². The van der Waals surface area contributed by atoms with Crippen LogP contribution in [0.3, 0.4) is 0 Å². The molecule has 0 unspecified atom stereocenters. The smallest absolute Gasteiger partial charge is 0.243 e. The van der Waals surface area contributed by atoms with Gasteiger partial charge in [-0.2, -0.15) is 4.31 Å². The third-order valence-electron chi connectivity index (χ3n) is 5.29. The second kappa shape index (κ2) is 9.47. The second-order valence-corrected chi connectivity index (χ2v) is 11.4. The maximum Gasteiger partial charge on any atom is 0.243 e. The largest absolute Gasteiger partial charge is 0.497 e. The fourth-order valence-electron chi connectivity index (χ4n) is 3.38. The van der Waals surface area contributed by atoms with Crippen molar-refractivity contribution in [1.29, 1.82) is 0 Å². The van der Waals surface area contributed by atoms with Gasteiger partial charge in [0.25, 0.3) is 0 Å². The molecule has 168 valence electrons. The van der Waals surface area contributed by atoms with Gasteiger partial charge in [-0.1, -0.05) is 18.2 Å². The van der Waals surface area contributed by atoms with Gasteiger partial charge in [-0.05, 0) is 37.3 Å². The topological polar surface area (TPSA) is 101 Å². The summed E-state index contributed by atoms with van der Waals surface area (Å²) in [4.78, 5) is 13.8. The molecule has 0 bridgehead atoms. The molecular weight excluding hydrogens is 440 g/mol. The van der Waals surface area contributed by atoms with E-state index in [1.165, 1.54) is 42.6 Å². The van der Waals surface area contributed by atoms with Gasteiger partial charge < -0.3 is 4.74 Å². The first-order valence-electron chi connectivity index (χ1n) is 9.84. The highest BCUT2D eigenvalue weighted by Crippen LogP contribution is 2.21. The molecule has 1 saturated heterocycles. The summed E-state index contributed by atoms with van der Waals surface area (Å²) in [5.74, 6) is 0.223. The normalized spacial score (nSPS) is 16.2. The number of carbonyl (C=O) groups excluding carboxylic acids is 1. The number of ketones is 1. The van der Waals surface area contributed by atoms with Crippen LogP contribution in [0.15, 0.2) is 58.3 Å². The molecule has 3 rings (SSSR count). The van der Waals surface area contributed by atoms with E-state index < -0.39 is 19.9 Å². The first-order chi connectivity index (χ1) is 14.6. The molecular formula is C21H26N2O6S2. The van der Waals surface area contributed by atoms with Crippen molar-refractivity contribution in [3.05, 3.63) is 54.1 Å². The number of nitrogens with zero attached hydrogens (tertiary/aromatic N) is 2. The van der Waals surface area contributed by atoms with E-state index >= 15 is 0 Å². The van der Waals surface area contributed by atoms with Crippen LogP contribution in [0.25, 0.3) is 0 Å². The number of sulfonamides is 1. The van der Waals surface area contributed by atoms with Crippen LogP contribution in [0, 0.1) is 0 Å². The van der Waals surface area contributed by atoms with E-state index in [-0.39, 0.29) is 34.4 Å². The summed E-state index contributed by atoms with van der Waals surface area (Å²) in [6.45, 7) is 3.08. The Morgan fingerprint density at radius 1 is 0.935 bits per heavy atom. The number of sulfone groups is 1. The maximum atomic E-state index is 12.9. The Labute approximate surface area is 183 Å². The molecule has 0 N–H and O–H groups in total. The number of hydrogen-bond acceptors (Lipinski definition) is 7. The highest BCUT2D eigenvalue weighted by molar-refractivity contribution is 7.91. The van der Waals surface area contributed by atoms with Crippen LogP contribution in [0.2, 0.25) is 0 Å². The minimum Gasteiger partial charge on any atom is -0.497 e. The number of carbonyl (C=O) groups is 1. The number of rotatable bonds is 8. The Bertz CT molecular complexity index is 1150. The Balaban J connectivity index is 1.60. The number of benzene rings is 2. The number of ether oxygens (including phenoxy) is 1. The average Bonchev–Trinajstić information content (AvgIpc) is 2.78. The number of piperazine rings is 1. The van der Waals surface area contributed by atoms with Gasteiger partial charge in [0.2, 0.25) is 10.0 Å². The van der Waals surface area contributed by atoms with Crippen molar-refractivity contribution in [2.45, 2.75) is 16.7 Å². The molecule has 0 spiro atoms. The van der Waals surface area contributed by atoms with Crippen molar-refractivity contribution in [3.63, 3.8) is 0 Å². The molecule has 2 aromatic carbocycles. The minimum absolute atomic E-state index is 0.0619. The molecule has 2 aromatic rings. The molecule has 1 heterocycles. The summed E-state index contributed by atoms with van der Waals surface area (Å²) in [6.07, 6.45) is 0. The SMILES string of the molecule is COc1cccc(S(=O)(=O)CCN2CCN(S(=O)(=O)c3cccc(C(C)=O)c3)CC2)c1. The molecule has 31 heavy (non-hydrogen) atoms. The first kappa shape index (κ1) is 23.4. The molecule has 0 radical (unpaired) electrons. The Hall–Kier alpha value is -2.27. The zero-order valence-electron chi connectivity index (χ0n) is 17.5. The van der Waals surface area contributed by atoms with Crippen molar-refractivity contribution in [1.82, 2.24) is 9.21 Å². The summed E-state index contributed by atoms with van der Waals surface area (Å²) in [7, 11) is -5.71. The van der Waals surface area contributed by atoms with Crippen LogP contribution in [-0.4, -0.2) is 77.4 Å². The zero-order chi connectivity index (χ0) is 22.6. The van der Waals surface area contributed by atoms with Crippen LogP contribution in [0.1, 0.15) is 17.3 Å². The van der Waals surface area contributed by atoms with Gasteiger partial charge in [0, 0.05) is 38.3 Å². The van der Waals surface area contributed by atoms with Gasteiger partial charge >= 0.3 is 0 Å². The Morgan fingerprint density at radius 2 is 1.58 bits per heavy atom. The summed E-state index contributed by atoms with van der Waals surface area (Å²) in [5, 5.41) is 0. The molecule has 0 saturated carbocycles. The van der Waals surface area contributed by atoms with E-state index in [0.29, 0.717) is 30.9 Å². The summed E-state index contributed by atoms with van der Waals surface area (Å²) in [5.41, 5.74) is 0.350. The summed E-state index contributed by atoms with van der Waals surface area (Å²) in [6, 6.07) is 12.4. The highest BCUT2D eigenvalue weighted by Gasteiger charge is 2.29. The molecule has 0 amide bonds. The van der Waals surface area contributed by atoms with Crippen molar-refractivity contribution in [2.75, 3.05) is 45.6 Å². The van der Waals surface area contributed by atoms with Gasteiger partial charge in [-0.3, -0.25) is 9.69 Å². The maximum absolute atomic E-state index is 12.9. The van der Waals surface area contributed by atoms with E-state index in [0.717, 1.165) is 0 Å². The zero-order valence-corrected chi connectivity index (χ0v) is 19.2. The lowest BCUT2D eigenvalue weighted by atomic mass is 10.2. The molecule has 1 fully saturated rings. The molecule has 0 atom stereocenters. The fourth-order valence-corrected chi connectivity index (χ4v) is 6.16. The minimum atomic E-state index is -3.71. The van der Waals surface area contributed by atoms with E-state index in [9.17, 15) is 21.6 Å². The Kier molecular flexibility index (Phi) is 7.15. The summed E-state index contributed by atoms with van der Waals surface area (Å²) < 4.78 is 57.5. The van der Waals surface area contributed by atoms with E-state index in [2.05, 4.69) is 0 Å².